The zero-order valence-corrected chi connectivity index (χ0v) is 9.86. The Morgan fingerprint density at radius 1 is 1.00 bits per heavy atom. The van der Waals surface area contributed by atoms with Gasteiger partial charge in [0.05, 0.1) is 0 Å². The molecule has 1 rings (SSSR count). The van der Waals surface area contributed by atoms with Crippen molar-refractivity contribution in [2.75, 3.05) is 6.54 Å². The van der Waals surface area contributed by atoms with E-state index in [1.807, 2.05) is 0 Å². The van der Waals surface area contributed by atoms with Gasteiger partial charge in [-0.05, 0) is 30.5 Å². The number of rotatable bonds is 5. The van der Waals surface area contributed by atoms with E-state index in [2.05, 4.69) is 43.4 Å². The van der Waals surface area contributed by atoms with Gasteiger partial charge in [-0.3, -0.25) is 0 Å². The lowest BCUT2D eigenvalue weighted by molar-refractivity contribution is 0.675. The highest BCUT2D eigenvalue weighted by Gasteiger charge is 1.92. The molecule has 0 aliphatic rings. The lowest BCUT2D eigenvalue weighted by atomic mass is 10.1. The molecule has 0 heterocycles. The van der Waals surface area contributed by atoms with E-state index in [1.54, 1.807) is 0 Å². The molecular weight excluding hydrogens is 194 g/mol. The topological polar surface area (TPSA) is 12.0 Å². The molecule has 1 aromatic carbocycles. The molecule has 80 valence electrons. The zero-order chi connectivity index (χ0) is 9.52. The first-order valence-corrected chi connectivity index (χ1v) is 5.15. The van der Waals surface area contributed by atoms with E-state index in [-0.39, 0.29) is 12.4 Å². The lowest BCUT2D eigenvalue weighted by Crippen LogP contribution is -2.13. The molecule has 0 spiro atoms. The van der Waals surface area contributed by atoms with Crippen LogP contribution in [0.5, 0.6) is 0 Å². The summed E-state index contributed by atoms with van der Waals surface area (Å²) in [6.07, 6.45) is 2.33. The maximum absolute atomic E-state index is 3.39. The highest BCUT2D eigenvalue weighted by Crippen LogP contribution is 2.04. The first-order chi connectivity index (χ1) is 6.36. The van der Waals surface area contributed by atoms with Gasteiger partial charge in [0.1, 0.15) is 0 Å². The largest absolute Gasteiger partial charge is 0.313 e. The Balaban J connectivity index is 0.00000169. The van der Waals surface area contributed by atoms with Gasteiger partial charge in [0.25, 0.3) is 0 Å². The van der Waals surface area contributed by atoms with Crippen LogP contribution in [0.25, 0.3) is 0 Å². The van der Waals surface area contributed by atoms with Gasteiger partial charge in [-0.25, -0.2) is 0 Å². The normalized spacial score (nSPS) is 9.57. The molecule has 0 saturated carbocycles. The van der Waals surface area contributed by atoms with E-state index >= 15 is 0 Å². The second-order valence-electron chi connectivity index (χ2n) is 3.35. The molecule has 0 aliphatic carbocycles. The van der Waals surface area contributed by atoms with Gasteiger partial charge in [-0.2, -0.15) is 0 Å². The van der Waals surface area contributed by atoms with Crippen LogP contribution in [0.4, 0.5) is 0 Å². The van der Waals surface area contributed by atoms with Gasteiger partial charge in [0.2, 0.25) is 0 Å². The Morgan fingerprint density at radius 3 is 2.07 bits per heavy atom. The van der Waals surface area contributed by atoms with Crippen molar-refractivity contribution in [3.05, 3.63) is 35.4 Å². The Bertz CT molecular complexity index is 231. The summed E-state index contributed by atoms with van der Waals surface area (Å²) in [5, 5.41) is 3.39. The van der Waals surface area contributed by atoms with Gasteiger partial charge in [0.15, 0.2) is 0 Å². The minimum Gasteiger partial charge on any atom is -0.313 e. The first kappa shape index (κ1) is 13.5. The Kier molecular flexibility index (Phi) is 7.54. The van der Waals surface area contributed by atoms with Gasteiger partial charge in [0, 0.05) is 6.54 Å². The molecule has 0 aliphatic heterocycles. The second kappa shape index (κ2) is 7.84. The lowest BCUT2D eigenvalue weighted by Gasteiger charge is -2.03. The number of nitrogens with one attached hydrogen (secondary N) is 1. The highest BCUT2D eigenvalue weighted by atomic mass is 35.5. The van der Waals surface area contributed by atoms with Crippen LogP contribution in [0.1, 0.15) is 31.4 Å². The van der Waals surface area contributed by atoms with Gasteiger partial charge in [-0.15, -0.1) is 12.4 Å². The Morgan fingerprint density at radius 2 is 1.57 bits per heavy atom. The van der Waals surface area contributed by atoms with Crippen LogP contribution in [0.15, 0.2) is 24.3 Å². The summed E-state index contributed by atoms with van der Waals surface area (Å²) in [5.74, 6) is 0. The summed E-state index contributed by atoms with van der Waals surface area (Å²) in [4.78, 5) is 0. The van der Waals surface area contributed by atoms with E-state index in [0.717, 1.165) is 19.5 Å². The fourth-order valence-electron chi connectivity index (χ4n) is 1.30. The summed E-state index contributed by atoms with van der Waals surface area (Å²) in [7, 11) is 0. The van der Waals surface area contributed by atoms with Crippen molar-refractivity contribution >= 4 is 12.4 Å². The van der Waals surface area contributed by atoms with Gasteiger partial charge < -0.3 is 5.32 Å². The number of benzene rings is 1. The van der Waals surface area contributed by atoms with Crippen LogP contribution in [0.2, 0.25) is 0 Å². The molecule has 0 saturated heterocycles. The van der Waals surface area contributed by atoms with E-state index in [9.17, 15) is 0 Å². The average Bonchev–Trinajstić information content (AvgIpc) is 2.19. The smallest absolute Gasteiger partial charge is 0.0205 e. The quantitative estimate of drug-likeness (QED) is 0.741. The third-order valence-corrected chi connectivity index (χ3v) is 2.19. The van der Waals surface area contributed by atoms with Gasteiger partial charge >= 0.3 is 0 Å². The minimum atomic E-state index is 0. The fraction of sp³-hybridized carbons (Fsp3) is 0.500. The number of hydrogen-bond donors (Lipinski definition) is 1. The summed E-state index contributed by atoms with van der Waals surface area (Å²) < 4.78 is 0. The standard InChI is InChI=1S/C12H19N.ClH/c1-3-9-13-10-12-7-5-11(4-2)6-8-12;/h5-8,13H,3-4,9-10H2,1-2H3;1H. The average molecular weight is 214 g/mol. The predicted octanol–water partition coefficient (Wildman–Crippen LogP) is 3.17. The molecule has 14 heavy (non-hydrogen) atoms. The highest BCUT2D eigenvalue weighted by molar-refractivity contribution is 5.85. The molecule has 0 bridgehead atoms. The van der Waals surface area contributed by atoms with Crippen molar-refractivity contribution < 1.29 is 0 Å². The van der Waals surface area contributed by atoms with Crippen molar-refractivity contribution in [2.45, 2.75) is 33.2 Å². The van der Waals surface area contributed by atoms with Crippen LogP contribution in [0, 0.1) is 0 Å². The van der Waals surface area contributed by atoms with E-state index in [0.29, 0.717) is 0 Å². The van der Waals surface area contributed by atoms with Crippen molar-refractivity contribution in [1.29, 1.82) is 0 Å². The maximum atomic E-state index is 3.39. The van der Waals surface area contributed by atoms with Crippen LogP contribution < -0.4 is 5.32 Å². The van der Waals surface area contributed by atoms with E-state index < -0.39 is 0 Å². The Hall–Kier alpha value is -0.530. The summed E-state index contributed by atoms with van der Waals surface area (Å²) in [6, 6.07) is 8.84. The molecule has 0 atom stereocenters. The third kappa shape index (κ3) is 4.64. The first-order valence-electron chi connectivity index (χ1n) is 5.15. The minimum absolute atomic E-state index is 0. The Labute approximate surface area is 93.3 Å². The SMILES string of the molecule is CCCNCc1ccc(CC)cc1.Cl. The van der Waals surface area contributed by atoms with Crippen LogP contribution >= 0.6 is 12.4 Å². The van der Waals surface area contributed by atoms with Crippen LogP contribution in [-0.2, 0) is 13.0 Å². The van der Waals surface area contributed by atoms with Crippen LogP contribution in [-0.4, -0.2) is 6.54 Å². The molecular formula is C12H20ClN. The summed E-state index contributed by atoms with van der Waals surface area (Å²) >= 11 is 0. The predicted molar refractivity (Wildman–Crippen MR) is 65.1 cm³/mol. The van der Waals surface area contributed by atoms with Crippen molar-refractivity contribution in [2.24, 2.45) is 0 Å². The second-order valence-corrected chi connectivity index (χ2v) is 3.35. The number of halogens is 1. The molecule has 1 N–H and O–H groups in total. The molecule has 0 fully saturated rings. The van der Waals surface area contributed by atoms with Crippen molar-refractivity contribution in [3.63, 3.8) is 0 Å². The summed E-state index contributed by atoms with van der Waals surface area (Å²) in [5.41, 5.74) is 2.80. The van der Waals surface area contributed by atoms with E-state index in [4.69, 9.17) is 0 Å². The molecule has 1 aromatic rings. The molecule has 1 nitrogen and oxygen atoms in total. The van der Waals surface area contributed by atoms with Crippen LogP contribution in [0.3, 0.4) is 0 Å². The van der Waals surface area contributed by atoms with Gasteiger partial charge in [-0.1, -0.05) is 38.1 Å². The molecule has 0 aromatic heterocycles. The van der Waals surface area contributed by atoms with E-state index in [1.165, 1.54) is 17.5 Å². The number of aryl methyl sites for hydroxylation is 1. The molecule has 2 heteroatoms. The third-order valence-electron chi connectivity index (χ3n) is 2.19. The molecule has 0 amide bonds. The zero-order valence-electron chi connectivity index (χ0n) is 9.05. The van der Waals surface area contributed by atoms with Crippen molar-refractivity contribution in [1.82, 2.24) is 5.32 Å². The van der Waals surface area contributed by atoms with Crippen molar-refractivity contribution in [3.8, 4) is 0 Å². The summed E-state index contributed by atoms with van der Waals surface area (Å²) in [6.45, 7) is 6.48. The molecule has 0 radical (unpaired) electrons. The number of hydrogen-bond acceptors (Lipinski definition) is 1. The fourth-order valence-corrected chi connectivity index (χ4v) is 1.30. The molecule has 0 unspecified atom stereocenters. The maximum Gasteiger partial charge on any atom is 0.0205 e. The monoisotopic (exact) mass is 213 g/mol.